The van der Waals surface area contributed by atoms with Crippen LogP contribution in [-0.2, 0) is 11.2 Å². The minimum Gasteiger partial charge on any atom is -0.396 e. The second-order valence-corrected chi connectivity index (χ2v) is 6.71. The molecule has 1 aliphatic heterocycles. The first-order chi connectivity index (χ1) is 10.9. The number of carbonyl (C=O) groups is 1. The molecule has 1 heterocycles. The highest BCUT2D eigenvalue weighted by Gasteiger charge is 2.42. The smallest absolute Gasteiger partial charge is 0.227 e. The van der Waals surface area contributed by atoms with Crippen molar-refractivity contribution < 1.29 is 19.4 Å². The van der Waals surface area contributed by atoms with Gasteiger partial charge in [-0.15, -0.1) is 0 Å². The van der Waals surface area contributed by atoms with Gasteiger partial charge in [-0.25, -0.2) is 4.39 Å². The lowest BCUT2D eigenvalue weighted by Gasteiger charge is -2.45. The molecule has 0 radical (unpaired) electrons. The van der Waals surface area contributed by atoms with Crippen LogP contribution in [0.1, 0.15) is 31.7 Å². The number of piperidine rings is 1. The number of hydrogen-bond acceptors (Lipinski definition) is 3. The molecule has 2 rings (SSSR count). The predicted octanol–water partition coefficient (Wildman–Crippen LogP) is 2.39. The maximum absolute atomic E-state index is 13.1. The molecule has 1 aromatic carbocycles. The second kappa shape index (κ2) is 7.60. The molecular formula is C17H23ClFNO3. The first-order valence-electron chi connectivity index (χ1n) is 7.92. The Bertz CT molecular complexity index is 569. The van der Waals surface area contributed by atoms with Crippen LogP contribution < -0.4 is 0 Å². The van der Waals surface area contributed by atoms with Crippen LogP contribution in [0.5, 0.6) is 0 Å². The van der Waals surface area contributed by atoms with Crippen LogP contribution in [0, 0.1) is 11.2 Å². The maximum Gasteiger partial charge on any atom is 0.227 e. The van der Waals surface area contributed by atoms with Gasteiger partial charge in [0.15, 0.2) is 0 Å². The van der Waals surface area contributed by atoms with Crippen molar-refractivity contribution in [3.05, 3.63) is 34.6 Å². The van der Waals surface area contributed by atoms with Gasteiger partial charge in [-0.3, -0.25) is 4.79 Å². The van der Waals surface area contributed by atoms with Crippen molar-refractivity contribution in [3.63, 3.8) is 0 Å². The van der Waals surface area contributed by atoms with Crippen LogP contribution in [0.25, 0.3) is 0 Å². The summed E-state index contributed by atoms with van der Waals surface area (Å²) in [5, 5.41) is 20.2. The van der Waals surface area contributed by atoms with Crippen molar-refractivity contribution in [2.75, 3.05) is 19.7 Å². The summed E-state index contributed by atoms with van der Waals surface area (Å²) in [7, 11) is 0. The van der Waals surface area contributed by atoms with Crippen LogP contribution in [-0.4, -0.2) is 46.8 Å². The Balaban J connectivity index is 2.10. The molecule has 1 amide bonds. The summed E-state index contributed by atoms with van der Waals surface area (Å²) in [6, 6.07) is 3.99. The number of amides is 1. The van der Waals surface area contributed by atoms with Gasteiger partial charge in [-0.1, -0.05) is 31.0 Å². The number of rotatable bonds is 5. The Morgan fingerprint density at radius 3 is 2.87 bits per heavy atom. The Morgan fingerprint density at radius 1 is 1.52 bits per heavy atom. The highest BCUT2D eigenvalue weighted by Crippen LogP contribution is 2.35. The zero-order chi connectivity index (χ0) is 17.0. The number of likely N-dealkylation sites (tertiary alicyclic amines) is 1. The van der Waals surface area contributed by atoms with E-state index in [1.807, 2.05) is 6.92 Å². The van der Waals surface area contributed by atoms with Gasteiger partial charge in [0.25, 0.3) is 0 Å². The normalized spacial score (nSPS) is 24.7. The topological polar surface area (TPSA) is 60.8 Å². The highest BCUT2D eigenvalue weighted by molar-refractivity contribution is 6.31. The monoisotopic (exact) mass is 343 g/mol. The summed E-state index contributed by atoms with van der Waals surface area (Å²) in [5.41, 5.74) is -0.0795. The quantitative estimate of drug-likeness (QED) is 0.863. The molecule has 1 aromatic rings. The summed E-state index contributed by atoms with van der Waals surface area (Å²) in [5.74, 6) is -0.561. The van der Waals surface area contributed by atoms with E-state index in [9.17, 15) is 19.4 Å². The van der Waals surface area contributed by atoms with Crippen LogP contribution in [0.3, 0.4) is 0 Å². The minimum atomic E-state index is -0.657. The van der Waals surface area contributed by atoms with E-state index in [2.05, 4.69) is 0 Å². The molecule has 128 valence electrons. The van der Waals surface area contributed by atoms with Gasteiger partial charge in [0, 0.05) is 23.5 Å². The van der Waals surface area contributed by atoms with E-state index in [0.717, 1.165) is 6.42 Å². The van der Waals surface area contributed by atoms with Gasteiger partial charge in [-0.2, -0.15) is 0 Å². The maximum atomic E-state index is 13.1. The van der Waals surface area contributed by atoms with Gasteiger partial charge in [-0.05, 0) is 30.5 Å². The molecule has 2 atom stereocenters. The van der Waals surface area contributed by atoms with Crippen molar-refractivity contribution in [2.45, 2.75) is 38.7 Å². The largest absolute Gasteiger partial charge is 0.396 e. The van der Waals surface area contributed by atoms with Crippen molar-refractivity contribution in [2.24, 2.45) is 5.41 Å². The fourth-order valence-corrected chi connectivity index (χ4v) is 3.51. The third-order valence-electron chi connectivity index (χ3n) is 4.66. The zero-order valence-electron chi connectivity index (χ0n) is 13.3. The molecule has 0 aromatic heterocycles. The third kappa shape index (κ3) is 4.03. The lowest BCUT2D eigenvalue weighted by Crippen LogP contribution is -2.55. The summed E-state index contributed by atoms with van der Waals surface area (Å²) >= 11 is 5.98. The van der Waals surface area contributed by atoms with Crippen LogP contribution in [0.4, 0.5) is 4.39 Å². The first kappa shape index (κ1) is 18.2. The Hall–Kier alpha value is -1.17. The highest BCUT2D eigenvalue weighted by atomic mass is 35.5. The number of aliphatic hydroxyl groups is 2. The molecule has 0 unspecified atom stereocenters. The van der Waals surface area contributed by atoms with Crippen LogP contribution in [0.15, 0.2) is 18.2 Å². The van der Waals surface area contributed by atoms with E-state index >= 15 is 0 Å². The standard InChI is InChI=1S/C17H23ClFNO3/c1-2-6-17(11-21)10-20(7-5-15(17)22)16(23)8-12-3-4-13(19)9-14(12)18/h3-4,9,15,21-22H,2,5-8,10-11H2,1H3/t15-,17-/m0/s1. The summed E-state index contributed by atoms with van der Waals surface area (Å²) < 4.78 is 13.1. The van der Waals surface area contributed by atoms with E-state index in [1.165, 1.54) is 18.2 Å². The summed E-state index contributed by atoms with van der Waals surface area (Å²) in [4.78, 5) is 14.2. The van der Waals surface area contributed by atoms with Gasteiger partial charge >= 0.3 is 0 Å². The van der Waals surface area contributed by atoms with E-state index in [-0.39, 0.29) is 24.0 Å². The van der Waals surface area contributed by atoms with E-state index in [4.69, 9.17) is 11.6 Å². The van der Waals surface area contributed by atoms with Crippen molar-refractivity contribution >= 4 is 17.5 Å². The van der Waals surface area contributed by atoms with E-state index in [1.54, 1.807) is 4.90 Å². The first-order valence-corrected chi connectivity index (χ1v) is 8.30. The lowest BCUT2D eigenvalue weighted by atomic mass is 9.74. The number of nitrogens with zero attached hydrogens (tertiary/aromatic N) is 1. The minimum absolute atomic E-state index is 0.0862. The van der Waals surface area contributed by atoms with Crippen molar-refractivity contribution in [1.29, 1.82) is 0 Å². The molecule has 23 heavy (non-hydrogen) atoms. The Morgan fingerprint density at radius 2 is 2.26 bits per heavy atom. The summed E-state index contributed by atoms with van der Waals surface area (Å²) in [6.45, 7) is 2.62. The van der Waals surface area contributed by atoms with Crippen molar-refractivity contribution in [1.82, 2.24) is 4.90 Å². The lowest BCUT2D eigenvalue weighted by molar-refractivity contribution is -0.141. The number of aliphatic hydroxyl groups excluding tert-OH is 2. The average molecular weight is 344 g/mol. The second-order valence-electron chi connectivity index (χ2n) is 6.30. The molecule has 6 heteroatoms. The van der Waals surface area contributed by atoms with Crippen LogP contribution >= 0.6 is 11.6 Å². The fourth-order valence-electron chi connectivity index (χ4n) is 3.28. The van der Waals surface area contributed by atoms with E-state index in [0.29, 0.717) is 31.5 Å². The number of carbonyl (C=O) groups excluding carboxylic acids is 1. The fraction of sp³-hybridized carbons (Fsp3) is 0.588. The molecule has 1 aliphatic rings. The third-order valence-corrected chi connectivity index (χ3v) is 5.01. The number of benzene rings is 1. The molecular weight excluding hydrogens is 321 g/mol. The molecule has 1 saturated heterocycles. The molecule has 0 spiro atoms. The molecule has 1 fully saturated rings. The van der Waals surface area contributed by atoms with E-state index < -0.39 is 17.3 Å². The van der Waals surface area contributed by atoms with Crippen molar-refractivity contribution in [3.8, 4) is 0 Å². The average Bonchev–Trinajstić information content (AvgIpc) is 2.52. The SMILES string of the molecule is CCC[C@@]1(CO)CN(C(=O)Cc2ccc(F)cc2Cl)CC[C@@H]1O. The van der Waals surface area contributed by atoms with Gasteiger partial charge in [0.1, 0.15) is 5.82 Å². The van der Waals surface area contributed by atoms with Crippen LogP contribution in [0.2, 0.25) is 5.02 Å². The Labute approximate surface area is 140 Å². The molecule has 4 nitrogen and oxygen atoms in total. The number of hydrogen-bond donors (Lipinski definition) is 2. The molecule has 0 saturated carbocycles. The molecule has 0 bridgehead atoms. The summed E-state index contributed by atoms with van der Waals surface area (Å²) in [6.07, 6.45) is 1.41. The zero-order valence-corrected chi connectivity index (χ0v) is 14.0. The molecule has 0 aliphatic carbocycles. The van der Waals surface area contributed by atoms with Gasteiger partial charge < -0.3 is 15.1 Å². The van der Waals surface area contributed by atoms with Gasteiger partial charge in [0.2, 0.25) is 5.91 Å². The number of halogens is 2. The van der Waals surface area contributed by atoms with Gasteiger partial charge in [0.05, 0.1) is 19.1 Å². The predicted molar refractivity (Wildman–Crippen MR) is 86.7 cm³/mol. The Kier molecular flexibility index (Phi) is 6.00. The molecule has 2 N–H and O–H groups in total.